The smallest absolute Gasteiger partial charge is 0.378 e. The first kappa shape index (κ1) is 12.2. The zero-order valence-corrected chi connectivity index (χ0v) is 9.84. The van der Waals surface area contributed by atoms with Gasteiger partial charge in [-0.15, -0.1) is 5.10 Å². The number of aromatic nitrogens is 3. The number of rotatable bonds is 4. The van der Waals surface area contributed by atoms with Gasteiger partial charge in [0.05, 0.1) is 13.2 Å². The van der Waals surface area contributed by atoms with Crippen LogP contribution in [0.4, 0.5) is 4.39 Å². The Kier molecular flexibility index (Phi) is 3.66. The lowest BCUT2D eigenvalue weighted by atomic mass is 10.2. The Morgan fingerprint density at radius 2 is 2.22 bits per heavy atom. The van der Waals surface area contributed by atoms with Crippen molar-refractivity contribution >= 4 is 5.97 Å². The normalized spacial score (nSPS) is 10.3. The fraction of sp³-hybridized carbons (Fsp3) is 0.250. The van der Waals surface area contributed by atoms with E-state index in [2.05, 4.69) is 10.1 Å². The predicted octanol–water partition coefficient (Wildman–Crippen LogP) is 1.64. The summed E-state index contributed by atoms with van der Waals surface area (Å²) in [4.78, 5) is 15.2. The average molecular weight is 249 g/mol. The lowest BCUT2D eigenvalue weighted by molar-refractivity contribution is 0.0512. The molecule has 0 saturated carbocycles. The van der Waals surface area contributed by atoms with Crippen molar-refractivity contribution in [3.8, 4) is 0 Å². The van der Waals surface area contributed by atoms with E-state index >= 15 is 0 Å². The largest absolute Gasteiger partial charge is 0.460 e. The Balaban J connectivity index is 2.12. The van der Waals surface area contributed by atoms with Crippen molar-refractivity contribution in [3.63, 3.8) is 0 Å². The number of carbonyl (C=O) groups excluding carboxylic acids is 1. The van der Waals surface area contributed by atoms with E-state index in [0.29, 0.717) is 5.56 Å². The molecule has 0 saturated heterocycles. The number of hydrogen-bond acceptors (Lipinski definition) is 4. The summed E-state index contributed by atoms with van der Waals surface area (Å²) in [5.74, 6) is -0.913. The van der Waals surface area contributed by atoms with E-state index in [1.165, 1.54) is 17.1 Å². The van der Waals surface area contributed by atoms with E-state index in [0.717, 1.165) is 0 Å². The lowest BCUT2D eigenvalue weighted by Crippen LogP contribution is -2.09. The Labute approximate surface area is 103 Å². The second kappa shape index (κ2) is 5.39. The summed E-state index contributed by atoms with van der Waals surface area (Å²) in [7, 11) is 0. The molecule has 0 atom stereocenters. The molecule has 0 amide bonds. The Hall–Kier alpha value is -2.24. The van der Waals surface area contributed by atoms with Crippen LogP contribution in [0.2, 0.25) is 0 Å². The van der Waals surface area contributed by atoms with Crippen molar-refractivity contribution in [1.82, 2.24) is 14.8 Å². The highest BCUT2D eigenvalue weighted by molar-refractivity contribution is 5.84. The third kappa shape index (κ3) is 2.71. The monoisotopic (exact) mass is 249 g/mol. The van der Waals surface area contributed by atoms with E-state index in [9.17, 15) is 9.18 Å². The Bertz CT molecular complexity index is 554. The molecule has 0 N–H and O–H groups in total. The highest BCUT2D eigenvalue weighted by Crippen LogP contribution is 2.07. The van der Waals surface area contributed by atoms with Crippen molar-refractivity contribution in [2.24, 2.45) is 0 Å². The molecule has 2 aromatic rings. The lowest BCUT2D eigenvalue weighted by Gasteiger charge is -2.02. The van der Waals surface area contributed by atoms with E-state index < -0.39 is 5.97 Å². The molecule has 0 radical (unpaired) electrons. The van der Waals surface area contributed by atoms with Gasteiger partial charge in [-0.3, -0.25) is 0 Å². The molecule has 2 rings (SSSR count). The summed E-state index contributed by atoms with van der Waals surface area (Å²) in [6, 6.07) is 6.38. The first-order chi connectivity index (χ1) is 8.70. The fourth-order valence-corrected chi connectivity index (χ4v) is 1.46. The number of nitrogens with zero attached hydrogens (tertiary/aromatic N) is 3. The molecular formula is C12H12FN3O2. The van der Waals surface area contributed by atoms with Crippen molar-refractivity contribution in [2.45, 2.75) is 13.5 Å². The van der Waals surface area contributed by atoms with Crippen molar-refractivity contribution in [2.75, 3.05) is 6.61 Å². The van der Waals surface area contributed by atoms with Crippen LogP contribution < -0.4 is 0 Å². The number of benzene rings is 1. The van der Waals surface area contributed by atoms with Gasteiger partial charge < -0.3 is 4.74 Å². The first-order valence-electron chi connectivity index (χ1n) is 5.50. The van der Waals surface area contributed by atoms with Gasteiger partial charge in [-0.05, 0) is 13.0 Å². The topological polar surface area (TPSA) is 57.0 Å². The molecule has 94 valence electrons. The zero-order valence-electron chi connectivity index (χ0n) is 9.84. The minimum Gasteiger partial charge on any atom is -0.460 e. The van der Waals surface area contributed by atoms with Gasteiger partial charge in [0.25, 0.3) is 5.82 Å². The third-order valence-corrected chi connectivity index (χ3v) is 2.28. The van der Waals surface area contributed by atoms with Gasteiger partial charge in [0.2, 0.25) is 0 Å². The minimum absolute atomic E-state index is 0.0202. The molecular weight excluding hydrogens is 237 g/mol. The van der Waals surface area contributed by atoms with Gasteiger partial charge in [0.1, 0.15) is 12.1 Å². The summed E-state index contributed by atoms with van der Waals surface area (Å²) in [6.07, 6.45) is 1.37. The van der Waals surface area contributed by atoms with E-state index in [4.69, 9.17) is 4.74 Å². The van der Waals surface area contributed by atoms with E-state index in [1.54, 1.807) is 25.1 Å². The van der Waals surface area contributed by atoms with Crippen LogP contribution in [-0.4, -0.2) is 27.3 Å². The van der Waals surface area contributed by atoms with Gasteiger partial charge in [0, 0.05) is 5.56 Å². The molecule has 0 aliphatic carbocycles. The van der Waals surface area contributed by atoms with Crippen LogP contribution in [-0.2, 0) is 11.3 Å². The molecule has 1 heterocycles. The average Bonchev–Trinajstić information content (AvgIpc) is 2.81. The molecule has 0 aliphatic heterocycles. The van der Waals surface area contributed by atoms with E-state index in [1.807, 2.05) is 0 Å². The minimum atomic E-state index is -0.579. The highest BCUT2D eigenvalue weighted by atomic mass is 19.1. The number of halogens is 1. The summed E-state index contributed by atoms with van der Waals surface area (Å²) in [6.45, 7) is 2.19. The fourth-order valence-electron chi connectivity index (χ4n) is 1.46. The Morgan fingerprint density at radius 1 is 1.44 bits per heavy atom. The van der Waals surface area contributed by atoms with Gasteiger partial charge in [-0.25, -0.2) is 18.9 Å². The van der Waals surface area contributed by atoms with Crippen LogP contribution in [0.25, 0.3) is 0 Å². The summed E-state index contributed by atoms with van der Waals surface area (Å²) in [5, 5.41) is 3.93. The standard InChI is InChI=1S/C12H12FN3O2/c1-2-18-12(17)11-14-8-16(15-11)7-9-5-3-4-6-10(9)13/h3-6,8H,2,7H2,1H3. The third-order valence-electron chi connectivity index (χ3n) is 2.28. The summed E-state index contributed by atoms with van der Waals surface area (Å²) >= 11 is 0. The maximum absolute atomic E-state index is 13.4. The van der Waals surface area contributed by atoms with Crippen LogP contribution >= 0.6 is 0 Å². The molecule has 0 bridgehead atoms. The van der Waals surface area contributed by atoms with Gasteiger partial charge in [-0.2, -0.15) is 0 Å². The van der Waals surface area contributed by atoms with Crippen LogP contribution in [0.1, 0.15) is 23.1 Å². The molecule has 0 unspecified atom stereocenters. The van der Waals surface area contributed by atoms with Crippen molar-refractivity contribution in [3.05, 3.63) is 47.8 Å². The second-order valence-electron chi connectivity index (χ2n) is 3.58. The van der Waals surface area contributed by atoms with Crippen molar-refractivity contribution < 1.29 is 13.9 Å². The van der Waals surface area contributed by atoms with Gasteiger partial charge in [0.15, 0.2) is 0 Å². The van der Waals surface area contributed by atoms with Crippen LogP contribution in [0.15, 0.2) is 30.6 Å². The van der Waals surface area contributed by atoms with Crippen LogP contribution in [0.5, 0.6) is 0 Å². The molecule has 6 heteroatoms. The molecule has 0 spiro atoms. The quantitative estimate of drug-likeness (QED) is 0.773. The number of ether oxygens (including phenoxy) is 1. The molecule has 0 aliphatic rings. The number of esters is 1. The molecule has 18 heavy (non-hydrogen) atoms. The summed E-state index contributed by atoms with van der Waals surface area (Å²) in [5.41, 5.74) is 0.484. The van der Waals surface area contributed by atoms with Crippen LogP contribution in [0.3, 0.4) is 0 Å². The summed E-state index contributed by atoms with van der Waals surface area (Å²) < 4.78 is 19.6. The molecule has 5 nitrogen and oxygen atoms in total. The van der Waals surface area contributed by atoms with Crippen LogP contribution in [0, 0.1) is 5.82 Å². The van der Waals surface area contributed by atoms with Crippen molar-refractivity contribution in [1.29, 1.82) is 0 Å². The second-order valence-corrected chi connectivity index (χ2v) is 3.58. The maximum atomic E-state index is 13.4. The van der Waals surface area contributed by atoms with E-state index in [-0.39, 0.29) is 24.8 Å². The molecule has 1 aromatic heterocycles. The SMILES string of the molecule is CCOC(=O)c1ncn(Cc2ccccc2F)n1. The number of carbonyl (C=O) groups is 1. The molecule has 0 fully saturated rings. The molecule has 1 aromatic carbocycles. The highest BCUT2D eigenvalue weighted by Gasteiger charge is 2.12. The maximum Gasteiger partial charge on any atom is 0.378 e. The van der Waals surface area contributed by atoms with Gasteiger partial charge >= 0.3 is 5.97 Å². The Morgan fingerprint density at radius 3 is 2.94 bits per heavy atom. The number of hydrogen-bond donors (Lipinski definition) is 0. The predicted molar refractivity (Wildman–Crippen MR) is 61.5 cm³/mol. The zero-order chi connectivity index (χ0) is 13.0. The van der Waals surface area contributed by atoms with Gasteiger partial charge in [-0.1, -0.05) is 18.2 Å². The first-order valence-corrected chi connectivity index (χ1v) is 5.50.